The van der Waals surface area contributed by atoms with Crippen LogP contribution in [-0.2, 0) is 0 Å². The summed E-state index contributed by atoms with van der Waals surface area (Å²) in [7, 11) is 0. The highest BCUT2D eigenvalue weighted by atomic mass is 19.1. The van der Waals surface area contributed by atoms with Crippen molar-refractivity contribution >= 4 is 23.3 Å². The van der Waals surface area contributed by atoms with Crippen LogP contribution in [0, 0.1) is 17.1 Å². The lowest BCUT2D eigenvalue weighted by atomic mass is 10.2. The van der Waals surface area contributed by atoms with Crippen LogP contribution in [-0.4, -0.2) is 16.5 Å². The van der Waals surface area contributed by atoms with Gasteiger partial charge in [-0.25, -0.2) is 4.39 Å². The fraction of sp³-hybridized carbons (Fsp3) is 0.154. The van der Waals surface area contributed by atoms with Gasteiger partial charge in [0.15, 0.2) is 0 Å². The van der Waals surface area contributed by atoms with Crippen LogP contribution in [0.25, 0.3) is 0 Å². The molecule has 0 unspecified atom stereocenters. The summed E-state index contributed by atoms with van der Waals surface area (Å²) in [5, 5.41) is 14.5. The Kier molecular flexibility index (Phi) is 3.96. The number of halogens is 1. The smallest absolute Gasteiger partial charge is 0.223 e. The van der Waals surface area contributed by atoms with Gasteiger partial charge in [-0.05, 0) is 25.1 Å². The third kappa shape index (κ3) is 3.11. The Bertz CT molecular complexity index is 664. The minimum Gasteiger partial charge on any atom is -0.370 e. The molecule has 0 saturated heterocycles. The van der Waals surface area contributed by atoms with Crippen LogP contribution >= 0.6 is 0 Å². The fourth-order valence-electron chi connectivity index (χ4n) is 1.63. The molecule has 0 bridgehead atoms. The molecule has 0 saturated carbocycles. The van der Waals surface area contributed by atoms with E-state index in [-0.39, 0.29) is 17.2 Å². The van der Waals surface area contributed by atoms with Gasteiger partial charge in [0.05, 0.1) is 17.3 Å². The average molecular weight is 272 g/mol. The first kappa shape index (κ1) is 13.5. The summed E-state index contributed by atoms with van der Waals surface area (Å²) in [4.78, 5) is 7.97. The Hall–Kier alpha value is -2.88. The van der Waals surface area contributed by atoms with Crippen molar-refractivity contribution in [2.24, 2.45) is 0 Å². The Balaban J connectivity index is 2.28. The minimum atomic E-state index is -0.536. The molecule has 20 heavy (non-hydrogen) atoms. The summed E-state index contributed by atoms with van der Waals surface area (Å²) in [6.07, 6.45) is 0. The molecular formula is C13H13FN6. The predicted octanol–water partition coefficient (Wildman–Crippen LogP) is 2.24. The molecule has 0 amide bonds. The lowest BCUT2D eigenvalue weighted by molar-refractivity contribution is 0.631. The molecule has 4 N–H and O–H groups in total. The molecular weight excluding hydrogens is 259 g/mol. The maximum absolute atomic E-state index is 13.8. The number of nitrogens with two attached hydrogens (primary N) is 1. The van der Waals surface area contributed by atoms with Crippen LogP contribution in [0.2, 0.25) is 0 Å². The van der Waals surface area contributed by atoms with Gasteiger partial charge in [-0.2, -0.15) is 15.2 Å². The summed E-state index contributed by atoms with van der Waals surface area (Å²) in [6, 6.07) is 7.63. The number of nitrogen functional groups attached to an aromatic ring is 1. The van der Waals surface area contributed by atoms with Gasteiger partial charge >= 0.3 is 0 Å². The number of hydrogen-bond donors (Lipinski definition) is 3. The van der Waals surface area contributed by atoms with Crippen LogP contribution in [0.1, 0.15) is 12.5 Å². The Labute approximate surface area is 115 Å². The van der Waals surface area contributed by atoms with Gasteiger partial charge in [0.1, 0.15) is 17.5 Å². The lowest BCUT2D eigenvalue weighted by Crippen LogP contribution is -2.06. The summed E-state index contributed by atoms with van der Waals surface area (Å²) < 4.78 is 13.8. The zero-order valence-electron chi connectivity index (χ0n) is 10.8. The van der Waals surface area contributed by atoms with E-state index in [9.17, 15) is 4.39 Å². The second-order valence-electron chi connectivity index (χ2n) is 3.96. The number of nitriles is 1. The molecule has 0 aliphatic rings. The maximum atomic E-state index is 13.8. The molecule has 1 aromatic heterocycles. The summed E-state index contributed by atoms with van der Waals surface area (Å²) in [5.41, 5.74) is 6.05. The van der Waals surface area contributed by atoms with E-state index in [1.54, 1.807) is 6.07 Å². The first-order chi connectivity index (χ1) is 9.62. The summed E-state index contributed by atoms with van der Waals surface area (Å²) >= 11 is 0. The molecule has 7 heteroatoms. The summed E-state index contributed by atoms with van der Waals surface area (Å²) in [6.45, 7) is 2.60. The number of benzene rings is 1. The molecule has 102 valence electrons. The van der Waals surface area contributed by atoms with Gasteiger partial charge in [-0.3, -0.25) is 0 Å². The predicted molar refractivity (Wildman–Crippen MR) is 75.0 cm³/mol. The Morgan fingerprint density at radius 1 is 1.30 bits per heavy atom. The van der Waals surface area contributed by atoms with Crippen molar-refractivity contribution in [1.82, 2.24) is 9.97 Å². The highest BCUT2D eigenvalue weighted by Gasteiger charge is 2.07. The van der Waals surface area contributed by atoms with E-state index in [0.29, 0.717) is 18.2 Å². The van der Waals surface area contributed by atoms with Crippen LogP contribution in [0.4, 0.5) is 27.7 Å². The van der Waals surface area contributed by atoms with E-state index in [1.807, 2.05) is 13.0 Å². The van der Waals surface area contributed by atoms with Crippen LogP contribution in [0.15, 0.2) is 24.3 Å². The minimum absolute atomic E-state index is 0.0833. The van der Waals surface area contributed by atoms with Crippen molar-refractivity contribution in [2.45, 2.75) is 6.92 Å². The molecule has 0 atom stereocenters. The molecule has 6 nitrogen and oxygen atoms in total. The highest BCUT2D eigenvalue weighted by molar-refractivity contribution is 5.62. The van der Waals surface area contributed by atoms with Gasteiger partial charge in [0, 0.05) is 12.6 Å². The third-order valence-corrected chi connectivity index (χ3v) is 2.46. The quantitative estimate of drug-likeness (QED) is 0.789. The second kappa shape index (κ2) is 5.84. The average Bonchev–Trinajstić information content (AvgIpc) is 2.41. The second-order valence-corrected chi connectivity index (χ2v) is 3.96. The van der Waals surface area contributed by atoms with Crippen LogP contribution < -0.4 is 16.4 Å². The van der Waals surface area contributed by atoms with Crippen molar-refractivity contribution in [3.8, 4) is 6.07 Å². The topological polar surface area (TPSA) is 99.6 Å². The zero-order chi connectivity index (χ0) is 14.5. The number of anilines is 4. The van der Waals surface area contributed by atoms with Crippen molar-refractivity contribution in [3.05, 3.63) is 35.6 Å². The molecule has 2 aromatic rings. The summed E-state index contributed by atoms with van der Waals surface area (Å²) in [5.74, 6) is 0.472. The van der Waals surface area contributed by atoms with E-state index in [2.05, 4.69) is 20.6 Å². The van der Waals surface area contributed by atoms with Gasteiger partial charge in [0.25, 0.3) is 0 Å². The van der Waals surface area contributed by atoms with Crippen LogP contribution in [0.5, 0.6) is 0 Å². The van der Waals surface area contributed by atoms with Gasteiger partial charge in [0.2, 0.25) is 5.95 Å². The third-order valence-electron chi connectivity index (χ3n) is 2.46. The van der Waals surface area contributed by atoms with E-state index in [4.69, 9.17) is 11.0 Å². The Morgan fingerprint density at radius 3 is 2.70 bits per heavy atom. The molecule has 0 fully saturated rings. The van der Waals surface area contributed by atoms with Gasteiger partial charge < -0.3 is 16.4 Å². The van der Waals surface area contributed by atoms with Crippen molar-refractivity contribution < 1.29 is 4.39 Å². The van der Waals surface area contributed by atoms with Crippen molar-refractivity contribution in [3.63, 3.8) is 0 Å². The standard InChI is InChI=1S/C13H13FN6/c1-2-17-11-6-12(20-13(16)19-11)18-10-4-3-8(7-15)5-9(10)14/h3-6H,2H2,1H3,(H4,16,17,18,19,20). The van der Waals surface area contributed by atoms with Gasteiger partial charge in [-0.15, -0.1) is 0 Å². The van der Waals surface area contributed by atoms with E-state index in [1.165, 1.54) is 12.1 Å². The molecule has 1 heterocycles. The van der Waals surface area contributed by atoms with E-state index < -0.39 is 5.82 Å². The number of nitrogens with zero attached hydrogens (tertiary/aromatic N) is 3. The Morgan fingerprint density at radius 2 is 2.05 bits per heavy atom. The fourth-order valence-corrected chi connectivity index (χ4v) is 1.63. The molecule has 0 aliphatic heterocycles. The van der Waals surface area contributed by atoms with Crippen molar-refractivity contribution in [1.29, 1.82) is 5.26 Å². The van der Waals surface area contributed by atoms with Crippen LogP contribution in [0.3, 0.4) is 0 Å². The molecule has 1 aromatic carbocycles. The number of aromatic nitrogens is 2. The molecule has 0 spiro atoms. The molecule has 2 rings (SSSR count). The van der Waals surface area contributed by atoms with E-state index in [0.717, 1.165) is 6.07 Å². The largest absolute Gasteiger partial charge is 0.370 e. The first-order valence-electron chi connectivity index (χ1n) is 5.97. The molecule has 0 radical (unpaired) electrons. The highest BCUT2D eigenvalue weighted by Crippen LogP contribution is 2.21. The van der Waals surface area contributed by atoms with Crippen molar-refractivity contribution in [2.75, 3.05) is 22.9 Å². The first-order valence-corrected chi connectivity index (χ1v) is 5.97. The SMILES string of the molecule is CCNc1cc(Nc2ccc(C#N)cc2F)nc(N)n1. The monoisotopic (exact) mass is 272 g/mol. The zero-order valence-corrected chi connectivity index (χ0v) is 10.8. The number of rotatable bonds is 4. The lowest BCUT2D eigenvalue weighted by Gasteiger charge is -2.09. The normalized spacial score (nSPS) is 9.85. The number of nitrogens with one attached hydrogen (secondary N) is 2. The van der Waals surface area contributed by atoms with Gasteiger partial charge in [-0.1, -0.05) is 0 Å². The van der Waals surface area contributed by atoms with E-state index >= 15 is 0 Å². The maximum Gasteiger partial charge on any atom is 0.223 e. The molecule has 0 aliphatic carbocycles. The number of hydrogen-bond acceptors (Lipinski definition) is 6.